The summed E-state index contributed by atoms with van der Waals surface area (Å²) in [6.45, 7) is 1.80. The predicted octanol–water partition coefficient (Wildman–Crippen LogP) is -0.404. The molecule has 0 aliphatic heterocycles. The maximum Gasteiger partial charge on any atom is 0.491 e. The molecular formula is C8H13BN2O2. The van der Waals surface area contributed by atoms with E-state index in [0.29, 0.717) is 17.2 Å². The Morgan fingerprint density at radius 2 is 2.23 bits per heavy atom. The average Bonchev–Trinajstić information content (AvgIpc) is 2.27. The third kappa shape index (κ3) is 1.49. The highest BCUT2D eigenvalue weighted by molar-refractivity contribution is 6.59. The fourth-order valence-electron chi connectivity index (χ4n) is 1.59. The van der Waals surface area contributed by atoms with E-state index in [4.69, 9.17) is 10.0 Å². The molecule has 1 aromatic heterocycles. The molecule has 70 valence electrons. The van der Waals surface area contributed by atoms with Gasteiger partial charge in [-0.1, -0.05) is 0 Å². The molecule has 1 aromatic rings. The average molecular weight is 180 g/mol. The first-order valence-corrected chi connectivity index (χ1v) is 4.60. The smallest absolute Gasteiger partial charge is 0.423 e. The van der Waals surface area contributed by atoms with E-state index in [0.717, 1.165) is 12.8 Å². The van der Waals surface area contributed by atoms with Crippen molar-refractivity contribution in [3.63, 3.8) is 0 Å². The molecule has 5 heteroatoms. The Morgan fingerprint density at radius 1 is 1.54 bits per heavy atom. The summed E-state index contributed by atoms with van der Waals surface area (Å²) in [6, 6.07) is 0.478. The number of nitrogens with zero attached hydrogens (tertiary/aromatic N) is 2. The first-order chi connectivity index (χ1) is 6.18. The van der Waals surface area contributed by atoms with Gasteiger partial charge < -0.3 is 10.0 Å². The Morgan fingerprint density at radius 3 is 2.62 bits per heavy atom. The Hall–Kier alpha value is -0.805. The summed E-state index contributed by atoms with van der Waals surface area (Å²) in [5, 5.41) is 22.2. The van der Waals surface area contributed by atoms with Crippen LogP contribution in [0.1, 0.15) is 31.0 Å². The van der Waals surface area contributed by atoms with E-state index >= 15 is 0 Å². The second kappa shape index (κ2) is 3.16. The molecule has 13 heavy (non-hydrogen) atoms. The van der Waals surface area contributed by atoms with Crippen LogP contribution in [0.3, 0.4) is 0 Å². The maximum atomic E-state index is 8.99. The van der Waals surface area contributed by atoms with E-state index in [-0.39, 0.29) is 0 Å². The van der Waals surface area contributed by atoms with E-state index in [2.05, 4.69) is 5.10 Å². The molecule has 1 heterocycles. The van der Waals surface area contributed by atoms with Gasteiger partial charge in [-0.2, -0.15) is 5.10 Å². The summed E-state index contributed by atoms with van der Waals surface area (Å²) in [5.41, 5.74) is 1.23. The van der Waals surface area contributed by atoms with Crippen molar-refractivity contribution in [2.24, 2.45) is 0 Å². The van der Waals surface area contributed by atoms with Crippen LogP contribution in [0.5, 0.6) is 0 Å². The van der Waals surface area contributed by atoms with Crippen LogP contribution in [0.2, 0.25) is 0 Å². The lowest BCUT2D eigenvalue weighted by molar-refractivity contribution is 0.288. The van der Waals surface area contributed by atoms with Gasteiger partial charge in [0.05, 0.1) is 11.7 Å². The number of aryl methyl sites for hydroxylation is 1. The van der Waals surface area contributed by atoms with Crippen molar-refractivity contribution in [1.82, 2.24) is 9.78 Å². The van der Waals surface area contributed by atoms with E-state index in [1.54, 1.807) is 13.1 Å². The Balaban J connectivity index is 2.23. The molecule has 0 unspecified atom stereocenters. The number of hydrogen-bond donors (Lipinski definition) is 2. The summed E-state index contributed by atoms with van der Waals surface area (Å²) in [7, 11) is -1.39. The highest BCUT2D eigenvalue weighted by atomic mass is 16.4. The highest BCUT2D eigenvalue weighted by Crippen LogP contribution is 2.30. The van der Waals surface area contributed by atoms with Gasteiger partial charge in [0, 0.05) is 11.7 Å². The molecule has 1 saturated carbocycles. The zero-order chi connectivity index (χ0) is 9.42. The minimum Gasteiger partial charge on any atom is -0.423 e. The Labute approximate surface area is 77.3 Å². The zero-order valence-electron chi connectivity index (χ0n) is 7.64. The molecular weight excluding hydrogens is 167 g/mol. The molecule has 0 atom stereocenters. The van der Waals surface area contributed by atoms with Gasteiger partial charge in [-0.15, -0.1) is 0 Å². The van der Waals surface area contributed by atoms with Crippen LogP contribution in [0.25, 0.3) is 0 Å². The summed E-state index contributed by atoms with van der Waals surface area (Å²) in [6.07, 6.45) is 5.30. The normalized spacial score (nSPS) is 17.2. The monoisotopic (exact) mass is 180 g/mol. The van der Waals surface area contributed by atoms with E-state index in [9.17, 15) is 0 Å². The third-order valence-electron chi connectivity index (χ3n) is 2.68. The summed E-state index contributed by atoms with van der Waals surface area (Å²) >= 11 is 0. The van der Waals surface area contributed by atoms with Gasteiger partial charge in [0.15, 0.2) is 0 Å². The van der Waals surface area contributed by atoms with Crippen LogP contribution < -0.4 is 5.46 Å². The fourth-order valence-corrected chi connectivity index (χ4v) is 1.59. The molecule has 4 nitrogen and oxygen atoms in total. The quantitative estimate of drug-likeness (QED) is 0.608. The standard InChI is InChI=1S/C8H13BN2O2/c1-6-8(9(12)13)5-11(10-6)7-3-2-4-7/h5,7,12-13H,2-4H2,1H3. The van der Waals surface area contributed by atoms with E-state index in [1.165, 1.54) is 6.42 Å². The van der Waals surface area contributed by atoms with Crippen molar-refractivity contribution in [1.29, 1.82) is 0 Å². The lowest BCUT2D eigenvalue weighted by atomic mass is 9.81. The van der Waals surface area contributed by atoms with Crippen molar-refractivity contribution < 1.29 is 10.0 Å². The Kier molecular flexibility index (Phi) is 2.13. The molecule has 2 rings (SSSR count). The van der Waals surface area contributed by atoms with Crippen molar-refractivity contribution in [2.75, 3.05) is 0 Å². The van der Waals surface area contributed by atoms with Crippen LogP contribution in [-0.4, -0.2) is 26.9 Å². The number of hydrogen-bond acceptors (Lipinski definition) is 3. The molecule has 2 N–H and O–H groups in total. The molecule has 1 aliphatic rings. The summed E-state index contributed by atoms with van der Waals surface area (Å²) in [5.74, 6) is 0. The molecule has 0 spiro atoms. The SMILES string of the molecule is Cc1nn(C2CCC2)cc1B(O)O. The van der Waals surface area contributed by atoms with Crippen molar-refractivity contribution in [3.8, 4) is 0 Å². The second-order valence-corrected chi connectivity index (χ2v) is 3.61. The topological polar surface area (TPSA) is 58.3 Å². The fraction of sp³-hybridized carbons (Fsp3) is 0.625. The number of aromatic nitrogens is 2. The van der Waals surface area contributed by atoms with Gasteiger partial charge in [0.25, 0.3) is 0 Å². The lowest BCUT2D eigenvalue weighted by Gasteiger charge is -2.25. The van der Waals surface area contributed by atoms with Crippen LogP contribution in [0.15, 0.2) is 6.20 Å². The first kappa shape index (κ1) is 8.78. The van der Waals surface area contributed by atoms with Crippen molar-refractivity contribution in [2.45, 2.75) is 32.2 Å². The molecule has 0 aromatic carbocycles. The van der Waals surface area contributed by atoms with Crippen LogP contribution in [-0.2, 0) is 0 Å². The highest BCUT2D eigenvalue weighted by Gasteiger charge is 2.24. The molecule has 0 radical (unpaired) electrons. The molecule has 0 bridgehead atoms. The molecule has 0 saturated heterocycles. The Bertz CT molecular complexity index is 307. The minimum absolute atomic E-state index is 0.478. The summed E-state index contributed by atoms with van der Waals surface area (Å²) in [4.78, 5) is 0. The zero-order valence-corrected chi connectivity index (χ0v) is 7.64. The maximum absolute atomic E-state index is 8.99. The first-order valence-electron chi connectivity index (χ1n) is 4.60. The molecule has 1 aliphatic carbocycles. The minimum atomic E-state index is -1.39. The van der Waals surface area contributed by atoms with Crippen LogP contribution >= 0.6 is 0 Å². The van der Waals surface area contributed by atoms with Crippen molar-refractivity contribution in [3.05, 3.63) is 11.9 Å². The van der Waals surface area contributed by atoms with Gasteiger partial charge in [0.2, 0.25) is 0 Å². The van der Waals surface area contributed by atoms with Gasteiger partial charge in [-0.05, 0) is 26.2 Å². The molecule has 1 fully saturated rings. The lowest BCUT2D eigenvalue weighted by Crippen LogP contribution is -2.30. The van der Waals surface area contributed by atoms with Gasteiger partial charge in [-0.25, -0.2) is 0 Å². The van der Waals surface area contributed by atoms with Crippen LogP contribution in [0, 0.1) is 6.92 Å². The third-order valence-corrected chi connectivity index (χ3v) is 2.68. The predicted molar refractivity (Wildman–Crippen MR) is 49.7 cm³/mol. The van der Waals surface area contributed by atoms with Crippen molar-refractivity contribution >= 4 is 12.6 Å². The van der Waals surface area contributed by atoms with E-state index in [1.807, 2.05) is 4.68 Å². The van der Waals surface area contributed by atoms with E-state index < -0.39 is 7.12 Å². The molecule has 0 amide bonds. The largest absolute Gasteiger partial charge is 0.491 e. The van der Waals surface area contributed by atoms with Crippen LogP contribution in [0.4, 0.5) is 0 Å². The van der Waals surface area contributed by atoms with Gasteiger partial charge in [0.1, 0.15) is 0 Å². The second-order valence-electron chi connectivity index (χ2n) is 3.61. The van der Waals surface area contributed by atoms with Gasteiger partial charge in [-0.3, -0.25) is 4.68 Å². The summed E-state index contributed by atoms with van der Waals surface area (Å²) < 4.78 is 1.85. The number of rotatable bonds is 2. The van der Waals surface area contributed by atoms with Gasteiger partial charge >= 0.3 is 7.12 Å².